The third-order valence-electron chi connectivity index (χ3n) is 1.84. The minimum Gasteiger partial charge on any atom is -0.242 e. The lowest BCUT2D eigenvalue weighted by molar-refractivity contribution is 0.579. The van der Waals surface area contributed by atoms with Gasteiger partial charge in [0.1, 0.15) is 0 Å². The molecule has 0 aliphatic heterocycles. The molecule has 0 radical (unpaired) electrons. The minimum atomic E-state index is -3.47. The number of pyridine rings is 1. The molecule has 0 aliphatic rings. The van der Waals surface area contributed by atoms with Crippen molar-refractivity contribution in [3.63, 3.8) is 0 Å². The van der Waals surface area contributed by atoms with E-state index in [1.54, 1.807) is 6.92 Å². The van der Waals surface area contributed by atoms with Crippen LogP contribution in [-0.4, -0.2) is 25.0 Å². The monoisotopic (exact) mass is 345 g/mol. The van der Waals surface area contributed by atoms with E-state index in [4.69, 9.17) is 23.2 Å². The van der Waals surface area contributed by atoms with E-state index < -0.39 is 9.84 Å². The van der Waals surface area contributed by atoms with Gasteiger partial charge in [-0.2, -0.15) is 0 Å². The molecule has 0 aliphatic carbocycles. The van der Waals surface area contributed by atoms with Gasteiger partial charge < -0.3 is 0 Å². The summed E-state index contributed by atoms with van der Waals surface area (Å²) >= 11 is 14.6. The molecule has 1 aromatic heterocycles. The Morgan fingerprint density at radius 2 is 2.19 bits per heavy atom. The van der Waals surface area contributed by atoms with Gasteiger partial charge in [-0.3, -0.25) is 0 Å². The Morgan fingerprint density at radius 3 is 2.69 bits per heavy atom. The van der Waals surface area contributed by atoms with Crippen molar-refractivity contribution in [1.82, 2.24) is 4.98 Å². The van der Waals surface area contributed by atoms with Crippen LogP contribution in [0.3, 0.4) is 0 Å². The van der Waals surface area contributed by atoms with Crippen LogP contribution in [0.25, 0.3) is 0 Å². The lowest BCUT2D eigenvalue weighted by Gasteiger charge is -2.09. The molecule has 0 fully saturated rings. The summed E-state index contributed by atoms with van der Waals surface area (Å²) in [5, 5.41) is 0.0329. The maximum absolute atomic E-state index is 11.9. The molecule has 7 heteroatoms. The zero-order valence-electron chi connectivity index (χ0n) is 8.45. The maximum atomic E-state index is 11.9. The Balaban J connectivity index is 3.08. The normalized spacial score (nSPS) is 13.8. The van der Waals surface area contributed by atoms with Crippen LogP contribution in [0.1, 0.15) is 6.92 Å². The third-order valence-corrected chi connectivity index (χ3v) is 5.12. The van der Waals surface area contributed by atoms with Crippen LogP contribution < -0.4 is 0 Å². The molecule has 0 saturated heterocycles. The van der Waals surface area contributed by atoms with Crippen molar-refractivity contribution in [2.75, 3.05) is 11.6 Å². The number of rotatable bonds is 4. The fraction of sp³-hybridized carbons (Fsp3) is 0.444. The fourth-order valence-electron chi connectivity index (χ4n) is 1.13. The Hall–Kier alpha value is 0.160. The molecule has 1 aromatic rings. The van der Waals surface area contributed by atoms with Crippen LogP contribution in [-0.2, 0) is 9.84 Å². The van der Waals surface area contributed by atoms with Gasteiger partial charge in [0.15, 0.2) is 14.9 Å². The van der Waals surface area contributed by atoms with Gasteiger partial charge in [0.2, 0.25) is 0 Å². The topological polar surface area (TPSA) is 47.0 Å². The summed E-state index contributed by atoms with van der Waals surface area (Å²) in [6, 6.07) is 1.51. The molecule has 0 spiro atoms. The van der Waals surface area contributed by atoms with Gasteiger partial charge in [0.25, 0.3) is 0 Å². The highest BCUT2D eigenvalue weighted by Gasteiger charge is 2.22. The van der Waals surface area contributed by atoms with Crippen molar-refractivity contribution in [2.24, 2.45) is 5.92 Å². The van der Waals surface area contributed by atoms with E-state index in [9.17, 15) is 8.42 Å². The molecule has 1 rings (SSSR count). The number of sulfone groups is 1. The lowest BCUT2D eigenvalue weighted by atomic mass is 10.3. The van der Waals surface area contributed by atoms with E-state index in [1.807, 2.05) is 0 Å². The predicted octanol–water partition coefficient (Wildman–Crippen LogP) is 3.15. The highest BCUT2D eigenvalue weighted by atomic mass is 79.9. The zero-order chi connectivity index (χ0) is 12.3. The molecule has 1 heterocycles. The van der Waals surface area contributed by atoms with Crippen LogP contribution in [0.15, 0.2) is 21.8 Å². The summed E-state index contributed by atoms with van der Waals surface area (Å²) in [6.45, 7) is 1.76. The first-order valence-corrected chi connectivity index (χ1v) is 7.82. The van der Waals surface area contributed by atoms with E-state index in [0.717, 1.165) is 0 Å². The number of alkyl halides is 1. The number of hydrogen-bond acceptors (Lipinski definition) is 3. The Kier molecular flexibility index (Phi) is 5.04. The van der Waals surface area contributed by atoms with Gasteiger partial charge in [-0.1, -0.05) is 18.5 Å². The van der Waals surface area contributed by atoms with Crippen LogP contribution in [0, 0.1) is 5.92 Å². The van der Waals surface area contributed by atoms with Gasteiger partial charge >= 0.3 is 0 Å². The van der Waals surface area contributed by atoms with E-state index in [0.29, 0.717) is 4.47 Å². The number of halogens is 3. The van der Waals surface area contributed by atoms with Gasteiger partial charge in [-0.25, -0.2) is 13.4 Å². The Bertz CT molecular complexity index is 478. The SMILES string of the molecule is CC(CCl)CS(=O)(=O)c1ncc(Br)cc1Cl. The van der Waals surface area contributed by atoms with Crippen molar-refractivity contribution >= 4 is 49.0 Å². The van der Waals surface area contributed by atoms with E-state index >= 15 is 0 Å². The molecule has 1 atom stereocenters. The molecule has 0 N–H and O–H groups in total. The molecular formula is C9H10BrCl2NO2S. The van der Waals surface area contributed by atoms with Crippen molar-refractivity contribution in [2.45, 2.75) is 11.9 Å². The maximum Gasteiger partial charge on any atom is 0.197 e. The van der Waals surface area contributed by atoms with Crippen molar-refractivity contribution < 1.29 is 8.42 Å². The number of hydrogen-bond donors (Lipinski definition) is 0. The average Bonchev–Trinajstić information content (AvgIpc) is 2.16. The highest BCUT2D eigenvalue weighted by Crippen LogP contribution is 2.24. The zero-order valence-corrected chi connectivity index (χ0v) is 12.4. The summed E-state index contributed by atoms with van der Waals surface area (Å²) in [6.07, 6.45) is 1.41. The van der Waals surface area contributed by atoms with Crippen LogP contribution in [0.5, 0.6) is 0 Å². The molecule has 90 valence electrons. The molecule has 1 unspecified atom stereocenters. The first-order valence-electron chi connectivity index (χ1n) is 4.46. The Labute approximate surface area is 113 Å². The van der Waals surface area contributed by atoms with Gasteiger partial charge in [0, 0.05) is 16.5 Å². The second-order valence-electron chi connectivity index (χ2n) is 3.48. The van der Waals surface area contributed by atoms with Crippen LogP contribution in [0.2, 0.25) is 5.02 Å². The van der Waals surface area contributed by atoms with Crippen molar-refractivity contribution in [1.29, 1.82) is 0 Å². The fourth-order valence-corrected chi connectivity index (χ4v) is 3.94. The first-order chi connectivity index (χ1) is 7.36. The molecule has 0 aromatic carbocycles. The van der Waals surface area contributed by atoms with Crippen LogP contribution >= 0.6 is 39.1 Å². The van der Waals surface area contributed by atoms with Crippen molar-refractivity contribution in [3.05, 3.63) is 21.8 Å². The van der Waals surface area contributed by atoms with Gasteiger partial charge in [-0.05, 0) is 27.9 Å². The average molecular weight is 347 g/mol. The summed E-state index contributed by atoms with van der Waals surface area (Å²) in [5.74, 6) is 0.103. The minimum absolute atomic E-state index is 0.0507. The third kappa shape index (κ3) is 3.58. The summed E-state index contributed by atoms with van der Waals surface area (Å²) in [7, 11) is -3.47. The molecule has 3 nitrogen and oxygen atoms in total. The van der Waals surface area contributed by atoms with Crippen LogP contribution in [0.4, 0.5) is 0 Å². The Morgan fingerprint density at radius 1 is 1.56 bits per heavy atom. The van der Waals surface area contributed by atoms with E-state index in [2.05, 4.69) is 20.9 Å². The van der Waals surface area contributed by atoms with Gasteiger partial charge in [-0.15, -0.1) is 11.6 Å². The van der Waals surface area contributed by atoms with E-state index in [1.165, 1.54) is 12.3 Å². The predicted molar refractivity (Wildman–Crippen MR) is 68.9 cm³/mol. The molecule has 16 heavy (non-hydrogen) atoms. The second kappa shape index (κ2) is 5.67. The largest absolute Gasteiger partial charge is 0.242 e. The second-order valence-corrected chi connectivity index (χ2v) is 7.06. The summed E-state index contributed by atoms with van der Waals surface area (Å²) in [4.78, 5) is 3.83. The summed E-state index contributed by atoms with van der Waals surface area (Å²) < 4.78 is 24.5. The van der Waals surface area contributed by atoms with Gasteiger partial charge in [0.05, 0.1) is 10.8 Å². The number of aromatic nitrogens is 1. The number of nitrogens with zero attached hydrogens (tertiary/aromatic N) is 1. The molecule has 0 amide bonds. The standard InChI is InChI=1S/C9H10BrCl2NO2S/c1-6(3-11)5-16(14,15)9-8(12)2-7(10)4-13-9/h2,4,6H,3,5H2,1H3. The van der Waals surface area contributed by atoms with Crippen molar-refractivity contribution in [3.8, 4) is 0 Å². The molecular weight excluding hydrogens is 337 g/mol. The first kappa shape index (κ1) is 14.2. The smallest absolute Gasteiger partial charge is 0.197 e. The quantitative estimate of drug-likeness (QED) is 0.787. The highest BCUT2D eigenvalue weighted by molar-refractivity contribution is 9.10. The lowest BCUT2D eigenvalue weighted by Crippen LogP contribution is -2.16. The summed E-state index contributed by atoms with van der Waals surface area (Å²) in [5.41, 5.74) is 0. The molecule has 0 saturated carbocycles. The molecule has 0 bridgehead atoms. The van der Waals surface area contributed by atoms with E-state index in [-0.39, 0.29) is 27.6 Å².